The van der Waals surface area contributed by atoms with Crippen molar-refractivity contribution >= 4 is 39.8 Å². The summed E-state index contributed by atoms with van der Waals surface area (Å²) in [6.45, 7) is 7.25. The minimum absolute atomic E-state index is 0.0675. The van der Waals surface area contributed by atoms with E-state index >= 15 is 8.78 Å². The molecule has 306 valence electrons. The Morgan fingerprint density at radius 3 is 2.27 bits per heavy atom. The van der Waals surface area contributed by atoms with Crippen molar-refractivity contribution in [3.63, 3.8) is 0 Å². The summed E-state index contributed by atoms with van der Waals surface area (Å²) in [5.41, 5.74) is 2.26. The highest BCUT2D eigenvalue weighted by Crippen LogP contribution is 2.43. The molecule has 3 amide bonds. The van der Waals surface area contributed by atoms with Gasteiger partial charge in [-0.3, -0.25) is 34.2 Å². The second-order valence-corrected chi connectivity index (χ2v) is 17.2. The van der Waals surface area contributed by atoms with E-state index in [-0.39, 0.29) is 36.3 Å². The van der Waals surface area contributed by atoms with Gasteiger partial charge in [0.15, 0.2) is 0 Å². The number of carbonyl (C=O) groups excluding carboxylic acids is 3. The molecule has 2 aliphatic heterocycles. The molecule has 3 N–H and O–H groups in total. The van der Waals surface area contributed by atoms with Crippen LogP contribution in [-0.4, -0.2) is 90.3 Å². The Bertz CT molecular complexity index is 2490. The average Bonchev–Trinajstić information content (AvgIpc) is 3.81. The Kier molecular flexibility index (Phi) is 10.1. The number of piperidine rings is 1. The van der Waals surface area contributed by atoms with E-state index in [2.05, 4.69) is 31.6 Å². The molecule has 9 rings (SSSR count). The number of nitrogens with one attached hydrogen (secondary N) is 2. The number of benzene rings is 2. The minimum Gasteiger partial charge on any atom is -0.386 e. The summed E-state index contributed by atoms with van der Waals surface area (Å²) in [5, 5.41) is 35.6. The zero-order valence-corrected chi connectivity index (χ0v) is 33.1. The summed E-state index contributed by atoms with van der Waals surface area (Å²) in [7, 11) is 0. The van der Waals surface area contributed by atoms with E-state index in [0.717, 1.165) is 75.6 Å². The number of anilines is 1. The molecule has 59 heavy (non-hydrogen) atoms. The third-order valence-electron chi connectivity index (χ3n) is 13.1. The van der Waals surface area contributed by atoms with Crippen molar-refractivity contribution in [2.75, 3.05) is 31.5 Å². The van der Waals surface area contributed by atoms with Crippen molar-refractivity contribution in [3.05, 3.63) is 94.4 Å². The van der Waals surface area contributed by atoms with Gasteiger partial charge in [-0.2, -0.15) is 15.5 Å². The first-order valence-corrected chi connectivity index (χ1v) is 20.6. The first-order chi connectivity index (χ1) is 28.3. The van der Waals surface area contributed by atoms with Crippen molar-refractivity contribution in [3.8, 4) is 6.07 Å². The number of hydrogen-bond donors (Lipinski definition) is 3. The third kappa shape index (κ3) is 7.49. The summed E-state index contributed by atoms with van der Waals surface area (Å²) in [5.74, 6) is -3.79. The molecule has 0 spiro atoms. The number of piperazine rings is 1. The molecule has 5 heterocycles. The zero-order valence-electron chi connectivity index (χ0n) is 33.1. The second-order valence-electron chi connectivity index (χ2n) is 17.2. The minimum atomic E-state index is -1.25. The number of hydrogen-bond acceptors (Lipinski definition) is 9. The predicted octanol–water partition coefficient (Wildman–Crippen LogP) is 5.88. The summed E-state index contributed by atoms with van der Waals surface area (Å²) in [6, 6.07) is 14.7. The first kappa shape index (κ1) is 38.9. The molecule has 0 unspecified atom stereocenters. The monoisotopic (exact) mass is 803 g/mol. The van der Waals surface area contributed by atoms with Crippen molar-refractivity contribution < 1.29 is 28.3 Å². The quantitative estimate of drug-likeness (QED) is 0.163. The fourth-order valence-corrected chi connectivity index (χ4v) is 9.76. The molecule has 2 saturated carbocycles. The van der Waals surface area contributed by atoms with Crippen molar-refractivity contribution in [1.82, 2.24) is 34.5 Å². The van der Waals surface area contributed by atoms with E-state index in [9.17, 15) is 24.8 Å². The molecule has 0 radical (unpaired) electrons. The van der Waals surface area contributed by atoms with E-state index in [1.165, 1.54) is 22.8 Å². The second kappa shape index (κ2) is 15.2. The van der Waals surface area contributed by atoms with Crippen LogP contribution in [0.25, 0.3) is 16.4 Å². The third-order valence-corrected chi connectivity index (χ3v) is 13.1. The van der Waals surface area contributed by atoms with Gasteiger partial charge >= 0.3 is 0 Å². The number of rotatable bonds is 8. The van der Waals surface area contributed by atoms with Gasteiger partial charge in [-0.05, 0) is 113 Å². The zero-order chi connectivity index (χ0) is 41.2. The number of nitrogens with zero attached hydrogens (tertiary/aromatic N) is 7. The predicted molar refractivity (Wildman–Crippen MR) is 215 cm³/mol. The lowest BCUT2D eigenvalue weighted by Gasteiger charge is -2.48. The molecule has 0 bridgehead atoms. The van der Waals surface area contributed by atoms with Crippen LogP contribution in [0.3, 0.4) is 0 Å². The SMILES string of the molecule is CC(C)(O)c1cc2nn(C3CCC(N4CCN(C5CC(c6cc(F)c([C@H]7CCC(=O)NC7=O)c(F)c6)C5)CC4)CC3)cc2cc1NC(=O)c1ccc2cc(C#N)cnn12. The summed E-state index contributed by atoms with van der Waals surface area (Å²) in [6.07, 6.45) is 9.41. The highest BCUT2D eigenvalue weighted by atomic mass is 19.1. The topological polar surface area (TPSA) is 161 Å². The van der Waals surface area contributed by atoms with Crippen LogP contribution in [0.4, 0.5) is 14.5 Å². The van der Waals surface area contributed by atoms with Crippen LogP contribution in [0.1, 0.15) is 116 Å². The average molecular weight is 804 g/mol. The molecular formula is C44H47F2N9O4. The summed E-state index contributed by atoms with van der Waals surface area (Å²) in [4.78, 5) is 42.4. The maximum atomic E-state index is 15.2. The van der Waals surface area contributed by atoms with Crippen LogP contribution >= 0.6 is 0 Å². The molecule has 4 aliphatic rings. The molecule has 4 fully saturated rings. The highest BCUT2D eigenvalue weighted by Gasteiger charge is 2.39. The number of aromatic nitrogens is 4. The van der Waals surface area contributed by atoms with Crippen LogP contribution in [-0.2, 0) is 15.2 Å². The molecule has 2 aliphatic carbocycles. The van der Waals surface area contributed by atoms with Gasteiger partial charge in [-0.1, -0.05) is 0 Å². The molecule has 2 saturated heterocycles. The largest absolute Gasteiger partial charge is 0.386 e. The fraction of sp³-hybridized carbons (Fsp3) is 0.455. The van der Waals surface area contributed by atoms with Crippen LogP contribution in [0, 0.1) is 23.0 Å². The summed E-state index contributed by atoms with van der Waals surface area (Å²) >= 11 is 0. The molecule has 1 atom stereocenters. The Labute approximate surface area is 339 Å². The van der Waals surface area contributed by atoms with Crippen molar-refractivity contribution in [1.29, 1.82) is 5.26 Å². The number of amides is 3. The van der Waals surface area contributed by atoms with Gasteiger partial charge in [0.05, 0.1) is 40.4 Å². The highest BCUT2D eigenvalue weighted by molar-refractivity contribution is 6.05. The normalized spacial score (nSPS) is 24.5. The number of fused-ring (bicyclic) bond motifs is 2. The molecule has 15 heteroatoms. The Hall–Kier alpha value is -5.56. The van der Waals surface area contributed by atoms with Gasteiger partial charge in [0, 0.05) is 73.1 Å². The Balaban J connectivity index is 0.787. The maximum Gasteiger partial charge on any atom is 0.274 e. The van der Waals surface area contributed by atoms with Crippen LogP contribution < -0.4 is 10.6 Å². The lowest BCUT2D eigenvalue weighted by atomic mass is 9.74. The number of halogens is 2. The molecule has 13 nitrogen and oxygen atoms in total. The standard InChI is InChI=1S/C44H47F2N9O4/c1-44(2,59)34-21-37-28(20-38(34)49-43(58)39-9-7-31-15-25(22-47)23-48-55(31)39)24-54(51-37)30-5-3-29(4-6-30)52-11-13-53(14-12-52)32-16-26(17-32)27-18-35(45)41(36(46)19-27)33-8-10-40(56)50-42(33)57/h7,9,15,18-21,23-24,26,29-30,32-33,59H,3-6,8,10-14,16-17H2,1-2H3,(H,49,58)(H,50,56,57)/t26?,29?,30?,32?,33-/m1/s1. The van der Waals surface area contributed by atoms with Gasteiger partial charge in [-0.15, -0.1) is 0 Å². The Morgan fingerprint density at radius 2 is 1.61 bits per heavy atom. The molecule has 5 aromatic rings. The van der Waals surface area contributed by atoms with E-state index in [1.807, 2.05) is 23.0 Å². The number of aliphatic hydroxyl groups is 1. The van der Waals surface area contributed by atoms with Crippen LogP contribution in [0.5, 0.6) is 0 Å². The van der Waals surface area contributed by atoms with Gasteiger partial charge < -0.3 is 10.4 Å². The molecule has 2 aromatic carbocycles. The number of nitriles is 1. The first-order valence-electron chi connectivity index (χ1n) is 20.6. The number of carbonyl (C=O) groups is 3. The molecular weight excluding hydrogens is 757 g/mol. The van der Waals surface area contributed by atoms with Gasteiger partial charge in [0.2, 0.25) is 11.8 Å². The molecule has 3 aromatic heterocycles. The van der Waals surface area contributed by atoms with E-state index in [1.54, 1.807) is 32.0 Å². The smallest absolute Gasteiger partial charge is 0.274 e. The van der Waals surface area contributed by atoms with E-state index < -0.39 is 35.0 Å². The van der Waals surface area contributed by atoms with E-state index in [0.29, 0.717) is 45.7 Å². The van der Waals surface area contributed by atoms with Crippen LogP contribution in [0.2, 0.25) is 0 Å². The van der Waals surface area contributed by atoms with Gasteiger partial charge in [0.1, 0.15) is 23.4 Å². The van der Waals surface area contributed by atoms with Crippen LogP contribution in [0.15, 0.2) is 54.9 Å². The summed E-state index contributed by atoms with van der Waals surface area (Å²) < 4.78 is 33.9. The van der Waals surface area contributed by atoms with E-state index in [4.69, 9.17) is 5.10 Å². The fourth-order valence-electron chi connectivity index (χ4n) is 9.76. The van der Waals surface area contributed by atoms with Gasteiger partial charge in [0.25, 0.3) is 5.91 Å². The van der Waals surface area contributed by atoms with Crippen molar-refractivity contribution in [2.24, 2.45) is 0 Å². The van der Waals surface area contributed by atoms with Crippen molar-refractivity contribution in [2.45, 2.75) is 101 Å². The lowest BCUT2D eigenvalue weighted by Crippen LogP contribution is -2.56. The maximum absolute atomic E-state index is 15.2. The van der Waals surface area contributed by atoms with Gasteiger partial charge in [-0.25, -0.2) is 13.3 Å². The number of imide groups is 1. The lowest BCUT2D eigenvalue weighted by molar-refractivity contribution is -0.134. The Morgan fingerprint density at radius 1 is 0.932 bits per heavy atom.